The number of hydrogen-bond donors (Lipinski definition) is 1. The van der Waals surface area contributed by atoms with Gasteiger partial charge in [-0.25, -0.2) is 0 Å². The van der Waals surface area contributed by atoms with Crippen molar-refractivity contribution in [2.75, 3.05) is 6.61 Å². The van der Waals surface area contributed by atoms with Crippen molar-refractivity contribution in [1.29, 1.82) is 0 Å². The number of carbonyl (C=O) groups is 1. The Hall–Kier alpha value is -2.29. The number of amides is 1. The molecule has 3 nitrogen and oxygen atoms in total. The molecule has 0 atom stereocenters. The molecule has 0 aliphatic heterocycles. The molecule has 0 bridgehead atoms. The molecule has 1 N–H and O–H groups in total. The summed E-state index contributed by atoms with van der Waals surface area (Å²) in [5, 5.41) is 2.99. The van der Waals surface area contributed by atoms with Crippen LogP contribution in [0.2, 0.25) is 0 Å². The minimum atomic E-state index is -0.0924. The molecule has 140 valence electrons. The first-order chi connectivity index (χ1) is 12.4. The molecule has 0 radical (unpaired) electrons. The lowest BCUT2D eigenvalue weighted by molar-refractivity contribution is -0.123. The van der Waals surface area contributed by atoms with Crippen molar-refractivity contribution in [2.45, 2.75) is 59.9 Å². The van der Waals surface area contributed by atoms with E-state index in [1.54, 1.807) is 0 Å². The minimum absolute atomic E-state index is 0.0398. The third-order valence-electron chi connectivity index (χ3n) is 4.69. The third kappa shape index (κ3) is 5.35. The molecule has 2 aromatic carbocycles. The Morgan fingerprint density at radius 2 is 1.81 bits per heavy atom. The van der Waals surface area contributed by atoms with Crippen LogP contribution in [0.15, 0.2) is 36.4 Å². The first kappa shape index (κ1) is 20.0. The Labute approximate surface area is 157 Å². The van der Waals surface area contributed by atoms with Crippen molar-refractivity contribution >= 4 is 5.91 Å². The monoisotopic (exact) mass is 353 g/mol. The van der Waals surface area contributed by atoms with Crippen LogP contribution < -0.4 is 10.1 Å². The molecule has 0 aliphatic rings. The summed E-state index contributed by atoms with van der Waals surface area (Å²) < 4.78 is 5.82. The summed E-state index contributed by atoms with van der Waals surface area (Å²) in [7, 11) is 0. The molecule has 0 spiro atoms. The zero-order chi connectivity index (χ0) is 19.1. The molecule has 0 heterocycles. The van der Waals surface area contributed by atoms with Gasteiger partial charge in [0, 0.05) is 6.54 Å². The highest BCUT2D eigenvalue weighted by Crippen LogP contribution is 2.27. The van der Waals surface area contributed by atoms with Crippen molar-refractivity contribution in [3.8, 4) is 5.75 Å². The average Bonchev–Trinajstić information content (AvgIpc) is 2.64. The Morgan fingerprint density at radius 1 is 1.04 bits per heavy atom. The molecule has 0 saturated carbocycles. The second-order valence-corrected chi connectivity index (χ2v) is 7.07. The number of ether oxygens (including phenoxy) is 1. The van der Waals surface area contributed by atoms with Crippen LogP contribution in [0.5, 0.6) is 5.75 Å². The van der Waals surface area contributed by atoms with Crippen molar-refractivity contribution in [3.05, 3.63) is 64.2 Å². The normalized spacial score (nSPS) is 10.8. The minimum Gasteiger partial charge on any atom is -0.483 e. The molecule has 0 fully saturated rings. The van der Waals surface area contributed by atoms with E-state index in [-0.39, 0.29) is 12.5 Å². The predicted octanol–water partition coefficient (Wildman–Crippen LogP) is 4.94. The number of rotatable bonds is 8. The second kappa shape index (κ2) is 9.42. The van der Waals surface area contributed by atoms with Gasteiger partial charge in [0.25, 0.3) is 5.91 Å². The van der Waals surface area contributed by atoms with Gasteiger partial charge in [-0.05, 0) is 59.6 Å². The maximum atomic E-state index is 12.3. The maximum Gasteiger partial charge on any atom is 0.258 e. The molecular formula is C23H31NO2. The van der Waals surface area contributed by atoms with E-state index in [1.807, 2.05) is 13.0 Å². The molecule has 0 unspecified atom stereocenters. The molecule has 1 amide bonds. The lowest BCUT2D eigenvalue weighted by Gasteiger charge is -2.15. The van der Waals surface area contributed by atoms with Crippen LogP contribution >= 0.6 is 0 Å². The Bertz CT molecular complexity index is 750. The van der Waals surface area contributed by atoms with Crippen molar-refractivity contribution in [2.24, 2.45) is 0 Å². The third-order valence-corrected chi connectivity index (χ3v) is 4.69. The van der Waals surface area contributed by atoms with Crippen molar-refractivity contribution in [3.63, 3.8) is 0 Å². The molecule has 26 heavy (non-hydrogen) atoms. The fourth-order valence-corrected chi connectivity index (χ4v) is 3.04. The predicted molar refractivity (Wildman–Crippen MR) is 108 cm³/mol. The molecule has 0 aliphatic carbocycles. The molecule has 0 saturated heterocycles. The zero-order valence-corrected chi connectivity index (χ0v) is 16.7. The van der Waals surface area contributed by atoms with Gasteiger partial charge in [-0.1, -0.05) is 58.0 Å². The van der Waals surface area contributed by atoms with Gasteiger partial charge in [0.15, 0.2) is 6.61 Å². The number of carbonyl (C=O) groups excluding carboxylic acids is 1. The van der Waals surface area contributed by atoms with Crippen LogP contribution in [-0.2, 0) is 24.2 Å². The van der Waals surface area contributed by atoms with Crippen LogP contribution in [0.25, 0.3) is 0 Å². The van der Waals surface area contributed by atoms with E-state index < -0.39 is 0 Å². The highest BCUT2D eigenvalue weighted by atomic mass is 16.5. The molecule has 2 aromatic rings. The maximum absolute atomic E-state index is 12.3. The van der Waals surface area contributed by atoms with Gasteiger partial charge in [0.1, 0.15) is 5.75 Å². The Kier molecular flexibility index (Phi) is 7.26. The van der Waals surface area contributed by atoms with Crippen LogP contribution in [-0.4, -0.2) is 12.5 Å². The summed E-state index contributed by atoms with van der Waals surface area (Å²) in [6.07, 6.45) is 1.96. The van der Waals surface area contributed by atoms with Crippen molar-refractivity contribution < 1.29 is 9.53 Å². The highest BCUT2D eigenvalue weighted by Gasteiger charge is 2.11. The fourth-order valence-electron chi connectivity index (χ4n) is 3.04. The standard InChI is InChI=1S/C23H31NO2/c1-6-18-9-10-19(7-2)20(13-18)14-24-23(25)15-26-22-12-17(5)8-11-21(22)16(3)4/h8-13,16H,6-7,14-15H2,1-5H3,(H,24,25). The summed E-state index contributed by atoms with van der Waals surface area (Å²) >= 11 is 0. The van der Waals surface area contributed by atoms with Gasteiger partial charge >= 0.3 is 0 Å². The summed E-state index contributed by atoms with van der Waals surface area (Å²) in [4.78, 5) is 12.3. The summed E-state index contributed by atoms with van der Waals surface area (Å²) in [5.41, 5.74) is 6.04. The molecule has 0 aromatic heterocycles. The smallest absolute Gasteiger partial charge is 0.258 e. The highest BCUT2D eigenvalue weighted by molar-refractivity contribution is 5.77. The summed E-state index contributed by atoms with van der Waals surface area (Å²) in [6, 6.07) is 12.7. The van der Waals surface area contributed by atoms with Crippen LogP contribution in [0.4, 0.5) is 0 Å². The quantitative estimate of drug-likeness (QED) is 0.730. The summed E-state index contributed by atoms with van der Waals surface area (Å²) in [6.45, 7) is 11.2. The van der Waals surface area contributed by atoms with E-state index >= 15 is 0 Å². The van der Waals surface area contributed by atoms with Gasteiger partial charge in [-0.3, -0.25) is 4.79 Å². The molecule has 3 heteroatoms. The van der Waals surface area contributed by atoms with Gasteiger partial charge < -0.3 is 10.1 Å². The van der Waals surface area contributed by atoms with Gasteiger partial charge in [-0.15, -0.1) is 0 Å². The van der Waals surface area contributed by atoms with E-state index in [0.29, 0.717) is 12.5 Å². The average molecular weight is 354 g/mol. The SMILES string of the molecule is CCc1ccc(CC)c(CNC(=O)COc2cc(C)ccc2C(C)C)c1. The lowest BCUT2D eigenvalue weighted by Crippen LogP contribution is -2.29. The topological polar surface area (TPSA) is 38.3 Å². The van der Waals surface area contributed by atoms with E-state index in [9.17, 15) is 4.79 Å². The van der Waals surface area contributed by atoms with E-state index in [2.05, 4.69) is 63.3 Å². The number of nitrogens with one attached hydrogen (secondary N) is 1. The van der Waals surface area contributed by atoms with Crippen LogP contribution in [0.1, 0.15) is 61.4 Å². The first-order valence-electron chi connectivity index (χ1n) is 9.55. The van der Waals surface area contributed by atoms with E-state index in [1.165, 1.54) is 16.7 Å². The van der Waals surface area contributed by atoms with E-state index in [0.717, 1.165) is 29.7 Å². The first-order valence-corrected chi connectivity index (χ1v) is 9.55. The van der Waals surface area contributed by atoms with Gasteiger partial charge in [0.05, 0.1) is 0 Å². The summed E-state index contributed by atoms with van der Waals surface area (Å²) in [5.74, 6) is 1.07. The largest absolute Gasteiger partial charge is 0.483 e. The Balaban J connectivity index is 1.97. The molecule has 2 rings (SSSR count). The molecular weight excluding hydrogens is 322 g/mol. The Morgan fingerprint density at radius 3 is 2.46 bits per heavy atom. The number of benzene rings is 2. The van der Waals surface area contributed by atoms with Crippen LogP contribution in [0.3, 0.4) is 0 Å². The van der Waals surface area contributed by atoms with E-state index in [4.69, 9.17) is 4.74 Å². The lowest BCUT2D eigenvalue weighted by atomic mass is 10.0. The zero-order valence-electron chi connectivity index (χ0n) is 16.7. The van der Waals surface area contributed by atoms with Gasteiger partial charge in [-0.2, -0.15) is 0 Å². The second-order valence-electron chi connectivity index (χ2n) is 7.07. The number of aryl methyl sites for hydroxylation is 3. The van der Waals surface area contributed by atoms with Crippen molar-refractivity contribution in [1.82, 2.24) is 5.32 Å². The van der Waals surface area contributed by atoms with Crippen LogP contribution in [0, 0.1) is 6.92 Å². The number of hydrogen-bond acceptors (Lipinski definition) is 2. The fraction of sp³-hybridized carbons (Fsp3) is 0.435. The van der Waals surface area contributed by atoms with Gasteiger partial charge in [0.2, 0.25) is 0 Å².